The van der Waals surface area contributed by atoms with E-state index in [4.69, 9.17) is 5.73 Å². The van der Waals surface area contributed by atoms with Crippen LogP contribution in [0.4, 0.5) is 0 Å². The highest BCUT2D eigenvalue weighted by Gasteiger charge is 2.15. The van der Waals surface area contributed by atoms with Crippen molar-refractivity contribution in [3.63, 3.8) is 0 Å². The van der Waals surface area contributed by atoms with E-state index in [1.165, 1.54) is 12.8 Å². The molecule has 78 valence electrons. The first-order valence-corrected chi connectivity index (χ1v) is 4.98. The summed E-state index contributed by atoms with van der Waals surface area (Å²) in [4.78, 5) is 10.5. The molecule has 0 heterocycles. The molecule has 0 aromatic carbocycles. The summed E-state index contributed by atoms with van der Waals surface area (Å²) in [5.41, 5.74) is 5.06. The fourth-order valence-corrected chi connectivity index (χ4v) is 1.21. The molecule has 0 bridgehead atoms. The van der Waals surface area contributed by atoms with Gasteiger partial charge in [0.25, 0.3) is 0 Å². The van der Waals surface area contributed by atoms with Crippen molar-refractivity contribution in [1.82, 2.24) is 0 Å². The van der Waals surface area contributed by atoms with Crippen molar-refractivity contribution in [3.05, 3.63) is 12.7 Å². The average Bonchev–Trinajstić information content (AvgIpc) is 2.11. The smallest absolute Gasteiger partial charge is 0.139 e. The van der Waals surface area contributed by atoms with Crippen molar-refractivity contribution in [2.24, 2.45) is 5.73 Å². The standard InChI is InChI=1S/C11H21NO.H2/c1-3-4-5-6-7-8-9-11(2,12)10-13;/h3,10H,1,4-9,12H2,2H3;1H/t11-;/m0./s1. The Hall–Kier alpha value is -0.630. The molecule has 2 heteroatoms. The zero-order chi connectivity index (χ0) is 10.2. The Morgan fingerprint density at radius 1 is 1.38 bits per heavy atom. The SMILES string of the molecule is C=CCCCCCC[C@](C)(N)C=O.[HH]. The van der Waals surface area contributed by atoms with E-state index in [2.05, 4.69) is 6.58 Å². The number of hydrogen-bond donors (Lipinski definition) is 1. The quantitative estimate of drug-likeness (QED) is 0.359. The first kappa shape index (κ1) is 12.4. The van der Waals surface area contributed by atoms with Crippen LogP contribution in [0.25, 0.3) is 0 Å². The van der Waals surface area contributed by atoms with Gasteiger partial charge in [-0.25, -0.2) is 0 Å². The minimum absolute atomic E-state index is 0. The van der Waals surface area contributed by atoms with Crippen LogP contribution in [0.15, 0.2) is 12.7 Å². The molecule has 0 radical (unpaired) electrons. The Bertz CT molecular complexity index is 157. The lowest BCUT2D eigenvalue weighted by atomic mass is 9.97. The summed E-state index contributed by atoms with van der Waals surface area (Å²) in [6.07, 6.45) is 9.29. The molecule has 0 aliphatic rings. The summed E-state index contributed by atoms with van der Waals surface area (Å²) in [6, 6.07) is 0. The fraction of sp³-hybridized carbons (Fsp3) is 0.727. The van der Waals surface area contributed by atoms with Gasteiger partial charge >= 0.3 is 0 Å². The van der Waals surface area contributed by atoms with Crippen molar-refractivity contribution >= 4 is 6.29 Å². The first-order chi connectivity index (χ1) is 6.12. The van der Waals surface area contributed by atoms with Gasteiger partial charge < -0.3 is 10.5 Å². The summed E-state index contributed by atoms with van der Waals surface area (Å²) in [6.45, 7) is 5.45. The third kappa shape index (κ3) is 7.72. The van der Waals surface area contributed by atoms with Gasteiger partial charge in [-0.15, -0.1) is 6.58 Å². The maximum Gasteiger partial charge on any atom is 0.139 e. The van der Waals surface area contributed by atoms with Gasteiger partial charge in [-0.3, -0.25) is 0 Å². The second-order valence-electron chi connectivity index (χ2n) is 3.87. The fourth-order valence-electron chi connectivity index (χ4n) is 1.21. The lowest BCUT2D eigenvalue weighted by Crippen LogP contribution is -2.37. The Kier molecular flexibility index (Phi) is 6.51. The minimum atomic E-state index is -0.613. The van der Waals surface area contributed by atoms with Gasteiger partial charge in [-0.05, 0) is 26.2 Å². The molecule has 0 spiro atoms. The molecular formula is C11H23NO. The highest BCUT2D eigenvalue weighted by atomic mass is 16.1. The zero-order valence-electron chi connectivity index (χ0n) is 8.59. The van der Waals surface area contributed by atoms with E-state index in [1.54, 1.807) is 6.92 Å². The molecule has 0 amide bonds. The van der Waals surface area contributed by atoms with E-state index in [0.717, 1.165) is 32.0 Å². The molecule has 13 heavy (non-hydrogen) atoms. The molecule has 1 atom stereocenters. The highest BCUT2D eigenvalue weighted by Crippen LogP contribution is 2.11. The number of hydrogen-bond acceptors (Lipinski definition) is 2. The van der Waals surface area contributed by atoms with Crippen LogP contribution in [0.2, 0.25) is 0 Å². The molecule has 0 rings (SSSR count). The molecule has 0 aromatic heterocycles. The number of rotatable bonds is 8. The van der Waals surface area contributed by atoms with Crippen LogP contribution in [0.5, 0.6) is 0 Å². The zero-order valence-corrected chi connectivity index (χ0v) is 8.59. The van der Waals surface area contributed by atoms with Gasteiger partial charge in [0.2, 0.25) is 0 Å². The number of allylic oxidation sites excluding steroid dienone is 1. The van der Waals surface area contributed by atoms with E-state index in [0.29, 0.717) is 0 Å². The summed E-state index contributed by atoms with van der Waals surface area (Å²) in [5.74, 6) is 0. The Morgan fingerprint density at radius 3 is 2.54 bits per heavy atom. The van der Waals surface area contributed by atoms with E-state index < -0.39 is 5.54 Å². The van der Waals surface area contributed by atoms with E-state index in [9.17, 15) is 4.79 Å². The van der Waals surface area contributed by atoms with Crippen molar-refractivity contribution in [2.75, 3.05) is 0 Å². The predicted molar refractivity (Wildman–Crippen MR) is 58.7 cm³/mol. The van der Waals surface area contributed by atoms with E-state index in [-0.39, 0.29) is 1.43 Å². The normalized spacial score (nSPS) is 14.9. The third-order valence-corrected chi connectivity index (χ3v) is 2.14. The molecular weight excluding hydrogens is 162 g/mol. The van der Waals surface area contributed by atoms with Gasteiger partial charge in [-0.1, -0.05) is 25.3 Å². The molecule has 0 aliphatic heterocycles. The second kappa shape index (κ2) is 6.84. The highest BCUT2D eigenvalue weighted by molar-refractivity contribution is 5.62. The van der Waals surface area contributed by atoms with Gasteiger partial charge in [0, 0.05) is 1.43 Å². The molecule has 0 saturated carbocycles. The largest absolute Gasteiger partial charge is 0.319 e. The number of aldehydes is 1. The molecule has 0 aliphatic carbocycles. The summed E-state index contributed by atoms with van der Waals surface area (Å²) in [7, 11) is 0. The van der Waals surface area contributed by atoms with Crippen molar-refractivity contribution in [1.29, 1.82) is 0 Å². The number of nitrogens with two attached hydrogens (primary N) is 1. The van der Waals surface area contributed by atoms with Crippen molar-refractivity contribution in [3.8, 4) is 0 Å². The molecule has 0 unspecified atom stereocenters. The van der Waals surface area contributed by atoms with Gasteiger partial charge in [0.1, 0.15) is 6.29 Å². The Morgan fingerprint density at radius 2 is 2.00 bits per heavy atom. The second-order valence-corrected chi connectivity index (χ2v) is 3.87. The Labute approximate surface area is 82.7 Å². The average molecular weight is 185 g/mol. The van der Waals surface area contributed by atoms with E-state index in [1.807, 2.05) is 6.08 Å². The molecule has 0 fully saturated rings. The van der Waals surface area contributed by atoms with E-state index >= 15 is 0 Å². The summed E-state index contributed by atoms with van der Waals surface area (Å²) < 4.78 is 0. The van der Waals surface area contributed by atoms with Crippen LogP contribution >= 0.6 is 0 Å². The first-order valence-electron chi connectivity index (χ1n) is 4.98. The van der Waals surface area contributed by atoms with Crippen LogP contribution < -0.4 is 5.73 Å². The van der Waals surface area contributed by atoms with Crippen LogP contribution in [0.1, 0.15) is 46.9 Å². The van der Waals surface area contributed by atoms with Crippen LogP contribution in [-0.4, -0.2) is 11.8 Å². The Balaban J connectivity index is 0. The molecule has 2 N–H and O–H groups in total. The lowest BCUT2D eigenvalue weighted by Gasteiger charge is -2.15. The molecule has 0 saturated heterocycles. The van der Waals surface area contributed by atoms with Gasteiger partial charge in [-0.2, -0.15) is 0 Å². The van der Waals surface area contributed by atoms with Gasteiger partial charge in [0.05, 0.1) is 5.54 Å². The minimum Gasteiger partial charge on any atom is -0.319 e. The summed E-state index contributed by atoms with van der Waals surface area (Å²) in [5, 5.41) is 0. The van der Waals surface area contributed by atoms with Gasteiger partial charge in [0.15, 0.2) is 0 Å². The lowest BCUT2D eigenvalue weighted by molar-refractivity contribution is -0.112. The number of carbonyl (C=O) groups is 1. The number of carbonyl (C=O) groups excluding carboxylic acids is 1. The van der Waals surface area contributed by atoms with Crippen molar-refractivity contribution < 1.29 is 6.22 Å². The third-order valence-electron chi connectivity index (χ3n) is 2.14. The molecule has 0 aromatic rings. The molecule has 2 nitrogen and oxygen atoms in total. The van der Waals surface area contributed by atoms with Crippen LogP contribution in [0.3, 0.4) is 0 Å². The maximum absolute atomic E-state index is 10.5. The van der Waals surface area contributed by atoms with Crippen LogP contribution in [-0.2, 0) is 4.79 Å². The van der Waals surface area contributed by atoms with Crippen LogP contribution in [0, 0.1) is 0 Å². The summed E-state index contributed by atoms with van der Waals surface area (Å²) >= 11 is 0. The predicted octanol–water partition coefficient (Wildman–Crippen LogP) is 2.68. The number of unbranched alkanes of at least 4 members (excludes halogenated alkanes) is 4. The van der Waals surface area contributed by atoms with Crippen molar-refractivity contribution in [2.45, 2.75) is 51.0 Å². The topological polar surface area (TPSA) is 43.1 Å². The monoisotopic (exact) mass is 185 g/mol. The maximum atomic E-state index is 10.5.